The maximum atomic E-state index is 9.07. The third-order valence-electron chi connectivity index (χ3n) is 3.41. The lowest BCUT2D eigenvalue weighted by molar-refractivity contribution is 0.482. The quantitative estimate of drug-likeness (QED) is 0.785. The summed E-state index contributed by atoms with van der Waals surface area (Å²) in [6.45, 7) is 7.97. The Labute approximate surface area is 130 Å². The summed E-state index contributed by atoms with van der Waals surface area (Å²) in [6.07, 6.45) is 0.827. The number of hydrogen-bond donors (Lipinski definition) is 0. The van der Waals surface area contributed by atoms with Gasteiger partial charge in [0.25, 0.3) is 0 Å². The number of rotatable bonds is 5. The molecule has 0 amide bonds. The van der Waals surface area contributed by atoms with E-state index in [2.05, 4.69) is 39.9 Å². The van der Waals surface area contributed by atoms with Gasteiger partial charge in [-0.1, -0.05) is 30.0 Å². The molecule has 110 valence electrons. The molecule has 0 saturated heterocycles. The number of para-hydroxylation sites is 1. The van der Waals surface area contributed by atoms with E-state index in [1.807, 2.05) is 32.9 Å². The molecule has 21 heavy (non-hydrogen) atoms. The summed E-state index contributed by atoms with van der Waals surface area (Å²) in [6, 6.07) is 10.5. The van der Waals surface area contributed by atoms with Gasteiger partial charge in [0.05, 0.1) is 17.2 Å². The van der Waals surface area contributed by atoms with Crippen LogP contribution in [0.15, 0.2) is 29.4 Å². The largest absolute Gasteiger partial charge is 0.274 e. The van der Waals surface area contributed by atoms with Gasteiger partial charge in [-0.15, -0.1) is 10.2 Å². The molecular formula is C16H20N4S. The van der Waals surface area contributed by atoms with E-state index in [1.54, 1.807) is 11.8 Å². The first-order valence-corrected chi connectivity index (χ1v) is 7.95. The van der Waals surface area contributed by atoms with Crippen molar-refractivity contribution < 1.29 is 0 Å². The minimum atomic E-state index is -0.296. The molecule has 2 rings (SSSR count). The van der Waals surface area contributed by atoms with Crippen LogP contribution < -0.4 is 0 Å². The predicted octanol–water partition coefficient (Wildman–Crippen LogP) is 3.92. The zero-order chi connectivity index (χ0) is 15.5. The van der Waals surface area contributed by atoms with Crippen LogP contribution in [0, 0.1) is 30.6 Å². The van der Waals surface area contributed by atoms with E-state index in [4.69, 9.17) is 5.26 Å². The lowest BCUT2D eigenvalue weighted by Gasteiger charge is -2.15. The van der Waals surface area contributed by atoms with Gasteiger partial charge < -0.3 is 0 Å². The van der Waals surface area contributed by atoms with Crippen LogP contribution in [0.2, 0.25) is 0 Å². The van der Waals surface area contributed by atoms with Crippen molar-refractivity contribution in [2.75, 3.05) is 5.75 Å². The molecule has 0 fully saturated rings. The SMILES string of the molecule is Cc1ccccc1-n1c(C)nnc1SCCC(C)(C)C#N. The molecule has 0 aliphatic rings. The number of thioether (sulfide) groups is 1. The van der Waals surface area contributed by atoms with Crippen molar-refractivity contribution in [3.05, 3.63) is 35.7 Å². The molecule has 2 aromatic rings. The van der Waals surface area contributed by atoms with Crippen molar-refractivity contribution >= 4 is 11.8 Å². The van der Waals surface area contributed by atoms with Gasteiger partial charge in [0, 0.05) is 5.75 Å². The zero-order valence-corrected chi connectivity index (χ0v) is 13.7. The summed E-state index contributed by atoms with van der Waals surface area (Å²) in [5, 5.41) is 18.4. The van der Waals surface area contributed by atoms with Crippen molar-refractivity contribution in [1.29, 1.82) is 5.26 Å². The fraction of sp³-hybridized carbons (Fsp3) is 0.438. The molecular weight excluding hydrogens is 280 g/mol. The van der Waals surface area contributed by atoms with Crippen LogP contribution in [-0.4, -0.2) is 20.5 Å². The first-order valence-electron chi connectivity index (χ1n) is 6.97. The van der Waals surface area contributed by atoms with Gasteiger partial charge >= 0.3 is 0 Å². The fourth-order valence-corrected chi connectivity index (χ4v) is 3.23. The number of aromatic nitrogens is 3. The maximum Gasteiger partial charge on any atom is 0.195 e. The zero-order valence-electron chi connectivity index (χ0n) is 12.9. The number of nitrogens with zero attached hydrogens (tertiary/aromatic N) is 4. The Morgan fingerprint density at radius 1 is 1.24 bits per heavy atom. The van der Waals surface area contributed by atoms with Crippen LogP contribution in [0.3, 0.4) is 0 Å². The van der Waals surface area contributed by atoms with Crippen molar-refractivity contribution in [2.45, 2.75) is 39.3 Å². The van der Waals surface area contributed by atoms with Crippen LogP contribution in [0.5, 0.6) is 0 Å². The monoisotopic (exact) mass is 300 g/mol. The normalized spacial score (nSPS) is 11.4. The van der Waals surface area contributed by atoms with Crippen LogP contribution in [-0.2, 0) is 0 Å². The van der Waals surface area contributed by atoms with E-state index in [1.165, 1.54) is 5.56 Å². The van der Waals surface area contributed by atoms with Crippen molar-refractivity contribution in [2.24, 2.45) is 5.41 Å². The number of nitriles is 1. The molecule has 0 bridgehead atoms. The standard InChI is InChI=1S/C16H20N4S/c1-12-7-5-6-8-14(12)20-13(2)18-19-15(20)21-10-9-16(3,4)11-17/h5-8H,9-10H2,1-4H3. The summed E-state index contributed by atoms with van der Waals surface area (Å²) in [5.41, 5.74) is 2.01. The van der Waals surface area contributed by atoms with E-state index in [0.29, 0.717) is 0 Å². The van der Waals surface area contributed by atoms with E-state index >= 15 is 0 Å². The first-order chi connectivity index (χ1) is 9.94. The van der Waals surface area contributed by atoms with Crippen LogP contribution in [0.25, 0.3) is 5.69 Å². The Bertz CT molecular complexity index is 667. The molecule has 0 N–H and O–H groups in total. The van der Waals surface area contributed by atoms with E-state index in [-0.39, 0.29) is 5.41 Å². The van der Waals surface area contributed by atoms with E-state index in [9.17, 15) is 0 Å². The summed E-state index contributed by atoms with van der Waals surface area (Å²) in [4.78, 5) is 0. The second-order valence-corrected chi connectivity index (χ2v) is 6.81. The molecule has 0 unspecified atom stereocenters. The average Bonchev–Trinajstić information content (AvgIpc) is 2.81. The highest BCUT2D eigenvalue weighted by molar-refractivity contribution is 7.99. The summed E-state index contributed by atoms with van der Waals surface area (Å²) < 4.78 is 2.08. The van der Waals surface area contributed by atoms with E-state index in [0.717, 1.165) is 28.8 Å². The Balaban J connectivity index is 2.20. The third-order valence-corrected chi connectivity index (χ3v) is 4.34. The Morgan fingerprint density at radius 2 is 1.95 bits per heavy atom. The Hall–Kier alpha value is -1.80. The molecule has 0 spiro atoms. The average molecular weight is 300 g/mol. The Morgan fingerprint density at radius 3 is 2.62 bits per heavy atom. The van der Waals surface area contributed by atoms with Crippen molar-refractivity contribution in [3.63, 3.8) is 0 Å². The first kappa shape index (κ1) is 15.6. The number of benzene rings is 1. The van der Waals surface area contributed by atoms with Gasteiger partial charge in [0.2, 0.25) is 0 Å². The molecule has 5 heteroatoms. The molecule has 0 aliphatic carbocycles. The van der Waals surface area contributed by atoms with Crippen molar-refractivity contribution in [3.8, 4) is 11.8 Å². The van der Waals surface area contributed by atoms with Gasteiger partial charge in [0.1, 0.15) is 5.82 Å². The number of hydrogen-bond acceptors (Lipinski definition) is 4. The second kappa shape index (κ2) is 6.31. The number of aryl methyl sites for hydroxylation is 2. The van der Waals surface area contributed by atoms with Gasteiger partial charge in [-0.05, 0) is 45.7 Å². The summed E-state index contributed by atoms with van der Waals surface area (Å²) in [5.74, 6) is 1.73. The molecule has 0 radical (unpaired) electrons. The lowest BCUT2D eigenvalue weighted by Crippen LogP contribution is -2.09. The molecule has 1 aromatic carbocycles. The van der Waals surface area contributed by atoms with Gasteiger partial charge in [-0.25, -0.2) is 0 Å². The molecule has 0 atom stereocenters. The topological polar surface area (TPSA) is 54.5 Å². The minimum absolute atomic E-state index is 0.296. The lowest BCUT2D eigenvalue weighted by atomic mass is 9.93. The Kier molecular flexibility index (Phi) is 4.69. The van der Waals surface area contributed by atoms with Crippen LogP contribution in [0.1, 0.15) is 31.7 Å². The fourth-order valence-electron chi connectivity index (χ4n) is 1.98. The van der Waals surface area contributed by atoms with E-state index < -0.39 is 0 Å². The molecule has 4 nitrogen and oxygen atoms in total. The maximum absolute atomic E-state index is 9.07. The van der Waals surface area contributed by atoms with Crippen LogP contribution in [0.4, 0.5) is 0 Å². The van der Waals surface area contributed by atoms with Crippen LogP contribution >= 0.6 is 11.8 Å². The highest BCUT2D eigenvalue weighted by atomic mass is 32.2. The molecule has 0 aliphatic heterocycles. The summed E-state index contributed by atoms with van der Waals surface area (Å²) >= 11 is 1.65. The highest BCUT2D eigenvalue weighted by Crippen LogP contribution is 2.27. The molecule has 1 heterocycles. The highest BCUT2D eigenvalue weighted by Gasteiger charge is 2.18. The minimum Gasteiger partial charge on any atom is -0.274 e. The predicted molar refractivity (Wildman–Crippen MR) is 85.6 cm³/mol. The van der Waals surface area contributed by atoms with Gasteiger partial charge in [-0.3, -0.25) is 4.57 Å². The van der Waals surface area contributed by atoms with Crippen molar-refractivity contribution in [1.82, 2.24) is 14.8 Å². The van der Waals surface area contributed by atoms with Gasteiger partial charge in [0.15, 0.2) is 5.16 Å². The summed E-state index contributed by atoms with van der Waals surface area (Å²) in [7, 11) is 0. The molecule has 0 saturated carbocycles. The molecule has 1 aromatic heterocycles. The second-order valence-electron chi connectivity index (χ2n) is 5.75. The van der Waals surface area contributed by atoms with Gasteiger partial charge in [-0.2, -0.15) is 5.26 Å². The third kappa shape index (κ3) is 3.64. The smallest absolute Gasteiger partial charge is 0.195 e.